The molecule has 2 aliphatic carbocycles. The Kier molecular flexibility index (Phi) is 3.89. The summed E-state index contributed by atoms with van der Waals surface area (Å²) in [6, 6.07) is 11.0. The van der Waals surface area contributed by atoms with Crippen LogP contribution in [0.1, 0.15) is 47.0 Å². The molecule has 3 atom stereocenters. The summed E-state index contributed by atoms with van der Waals surface area (Å²) >= 11 is 0. The van der Waals surface area contributed by atoms with E-state index in [9.17, 15) is 0 Å². The highest BCUT2D eigenvalue weighted by molar-refractivity contribution is 5.32. The van der Waals surface area contributed by atoms with Crippen molar-refractivity contribution in [2.45, 2.75) is 45.6 Å². The third-order valence-electron chi connectivity index (χ3n) is 6.99. The van der Waals surface area contributed by atoms with Crippen molar-refractivity contribution in [1.82, 2.24) is 4.90 Å². The molecule has 3 rings (SSSR count). The van der Waals surface area contributed by atoms with Crippen LogP contribution in [-0.2, 0) is 10.3 Å². The Bertz CT molecular complexity index is 530. The van der Waals surface area contributed by atoms with Crippen molar-refractivity contribution in [3.05, 3.63) is 35.9 Å². The summed E-state index contributed by atoms with van der Waals surface area (Å²) in [6.07, 6.45) is 3.81. The van der Waals surface area contributed by atoms with E-state index in [-0.39, 0.29) is 12.4 Å². The van der Waals surface area contributed by atoms with E-state index >= 15 is 0 Å². The Morgan fingerprint density at radius 2 is 1.86 bits per heavy atom. The molecular formula is C20H32NO+. The molecule has 1 aromatic carbocycles. The largest absolute Gasteiger partial charge is 1.00 e. The monoisotopic (exact) mass is 302 g/mol. The van der Waals surface area contributed by atoms with E-state index in [2.05, 4.69) is 70.1 Å². The molecule has 2 fully saturated rings. The number of hydrogen-bond acceptors (Lipinski definition) is 2. The van der Waals surface area contributed by atoms with Gasteiger partial charge in [0.15, 0.2) is 0 Å². The molecule has 0 radical (unpaired) electrons. The zero-order chi connectivity index (χ0) is 16.0. The highest BCUT2D eigenvalue weighted by Crippen LogP contribution is 2.73. The first-order chi connectivity index (χ1) is 10.3. The summed E-state index contributed by atoms with van der Waals surface area (Å²) in [4.78, 5) is 2.21. The normalized spacial score (nSPS) is 36.2. The van der Waals surface area contributed by atoms with E-state index in [1.54, 1.807) is 0 Å². The van der Waals surface area contributed by atoms with Crippen LogP contribution >= 0.6 is 0 Å². The zero-order valence-corrected chi connectivity index (χ0v) is 14.9. The van der Waals surface area contributed by atoms with E-state index in [1.165, 1.54) is 24.8 Å². The van der Waals surface area contributed by atoms with Crippen LogP contribution in [0.4, 0.5) is 0 Å². The Balaban J connectivity index is 0.00000192. The molecule has 2 saturated carbocycles. The standard InChI is InChI=1S/C20H31NO/c1-18(2)17-11-12-19(18,3)20(15-17,22-14-13-21(4)5)16-9-7-6-8-10-16/h6-10,17H,11-15H2,1-5H3/p+1/t17-,19-,20+/m1/s1. The fraction of sp³-hybridized carbons (Fsp3) is 0.700. The molecule has 2 heteroatoms. The molecule has 0 amide bonds. The van der Waals surface area contributed by atoms with Crippen molar-refractivity contribution in [1.29, 1.82) is 0 Å². The van der Waals surface area contributed by atoms with Gasteiger partial charge < -0.3 is 9.64 Å². The van der Waals surface area contributed by atoms with E-state index < -0.39 is 0 Å². The van der Waals surface area contributed by atoms with Gasteiger partial charge in [-0.05, 0) is 50.3 Å². The highest BCUT2D eigenvalue weighted by atomic mass is 16.5. The van der Waals surface area contributed by atoms with Crippen LogP contribution in [0.25, 0.3) is 0 Å². The molecule has 0 N–H and O–H groups in total. The molecule has 0 heterocycles. The van der Waals surface area contributed by atoms with Crippen LogP contribution in [-0.4, -0.2) is 32.1 Å². The zero-order valence-electron chi connectivity index (χ0n) is 15.9. The van der Waals surface area contributed by atoms with Gasteiger partial charge in [-0.1, -0.05) is 51.1 Å². The lowest BCUT2D eigenvalue weighted by atomic mass is 9.62. The van der Waals surface area contributed by atoms with Crippen LogP contribution in [0.15, 0.2) is 30.3 Å². The lowest BCUT2D eigenvalue weighted by molar-refractivity contribution is -0.148. The summed E-state index contributed by atoms with van der Waals surface area (Å²) in [5, 5.41) is 0. The Morgan fingerprint density at radius 3 is 2.36 bits per heavy atom. The average Bonchev–Trinajstić information content (AvgIpc) is 2.80. The first-order valence-electron chi connectivity index (χ1n) is 8.68. The molecule has 0 aliphatic heterocycles. The number of likely N-dealkylation sites (N-methyl/N-ethyl adjacent to an activating group) is 1. The van der Waals surface area contributed by atoms with E-state index in [1.807, 2.05) is 0 Å². The van der Waals surface area contributed by atoms with Crippen molar-refractivity contribution in [2.75, 3.05) is 27.2 Å². The van der Waals surface area contributed by atoms with Crippen LogP contribution in [0.2, 0.25) is 0 Å². The number of hydrogen-bond donors (Lipinski definition) is 0. The van der Waals surface area contributed by atoms with Gasteiger partial charge in [0.1, 0.15) is 0 Å². The van der Waals surface area contributed by atoms with Gasteiger partial charge in [-0.25, -0.2) is 0 Å². The van der Waals surface area contributed by atoms with Gasteiger partial charge in [0.2, 0.25) is 0 Å². The van der Waals surface area contributed by atoms with Gasteiger partial charge >= 0.3 is 1.43 Å². The van der Waals surface area contributed by atoms with Crippen molar-refractivity contribution in [2.24, 2.45) is 16.7 Å². The van der Waals surface area contributed by atoms with E-state index in [4.69, 9.17) is 4.74 Å². The predicted octanol–water partition coefficient (Wildman–Crippen LogP) is 4.42. The minimum absolute atomic E-state index is 0. The second-order valence-corrected chi connectivity index (χ2v) is 8.34. The SMILES string of the molecule is CN(C)CCO[C@]1(c2ccccc2)C[C@H]2CC[C@]1(C)C2(C)C.[H+]. The highest BCUT2D eigenvalue weighted by Gasteiger charge is 2.69. The lowest BCUT2D eigenvalue weighted by Crippen LogP contribution is -2.47. The second-order valence-electron chi connectivity index (χ2n) is 8.34. The lowest BCUT2D eigenvalue weighted by Gasteiger charge is -2.49. The quantitative estimate of drug-likeness (QED) is 0.798. The second kappa shape index (κ2) is 5.35. The maximum Gasteiger partial charge on any atom is 1.00 e. The average molecular weight is 302 g/mol. The van der Waals surface area contributed by atoms with Crippen LogP contribution < -0.4 is 0 Å². The summed E-state index contributed by atoms with van der Waals surface area (Å²) in [5.41, 5.74) is 1.84. The van der Waals surface area contributed by atoms with Gasteiger partial charge in [0, 0.05) is 12.0 Å². The Hall–Kier alpha value is -0.860. The molecule has 0 spiro atoms. The minimum atomic E-state index is -0.114. The number of fused-ring (bicyclic) bond motifs is 2. The molecule has 0 aromatic heterocycles. The maximum absolute atomic E-state index is 6.72. The third kappa shape index (κ3) is 2.07. The molecule has 0 unspecified atom stereocenters. The van der Waals surface area contributed by atoms with Crippen LogP contribution in [0, 0.1) is 16.7 Å². The predicted molar refractivity (Wildman–Crippen MR) is 93.0 cm³/mol. The fourth-order valence-corrected chi connectivity index (χ4v) is 5.10. The van der Waals surface area contributed by atoms with Crippen molar-refractivity contribution < 1.29 is 6.16 Å². The van der Waals surface area contributed by atoms with E-state index in [0.717, 1.165) is 19.1 Å². The molecule has 0 saturated heterocycles. The number of ether oxygens (including phenoxy) is 1. The van der Waals surface area contributed by atoms with Crippen LogP contribution in [0.5, 0.6) is 0 Å². The molecule has 22 heavy (non-hydrogen) atoms. The Labute approximate surface area is 137 Å². The van der Waals surface area contributed by atoms with Crippen molar-refractivity contribution in [3.63, 3.8) is 0 Å². The molecule has 2 bridgehead atoms. The smallest absolute Gasteiger partial charge is 0.368 e. The maximum atomic E-state index is 6.72. The molecule has 2 aliphatic rings. The molecular weight excluding hydrogens is 270 g/mol. The number of benzene rings is 1. The first-order valence-corrected chi connectivity index (χ1v) is 8.68. The van der Waals surface area contributed by atoms with Gasteiger partial charge in [-0.3, -0.25) is 0 Å². The molecule has 1 aromatic rings. The van der Waals surface area contributed by atoms with Crippen molar-refractivity contribution >= 4 is 0 Å². The van der Waals surface area contributed by atoms with Crippen molar-refractivity contribution in [3.8, 4) is 0 Å². The van der Waals surface area contributed by atoms with Gasteiger partial charge in [-0.2, -0.15) is 0 Å². The van der Waals surface area contributed by atoms with Gasteiger partial charge in [-0.15, -0.1) is 0 Å². The summed E-state index contributed by atoms with van der Waals surface area (Å²) in [7, 11) is 4.23. The molecule has 122 valence electrons. The summed E-state index contributed by atoms with van der Waals surface area (Å²) < 4.78 is 6.72. The van der Waals surface area contributed by atoms with Crippen LogP contribution in [0.3, 0.4) is 0 Å². The van der Waals surface area contributed by atoms with Gasteiger partial charge in [0.25, 0.3) is 0 Å². The first kappa shape index (κ1) is 16.0. The minimum Gasteiger partial charge on any atom is -0.368 e. The Morgan fingerprint density at radius 1 is 1.18 bits per heavy atom. The summed E-state index contributed by atoms with van der Waals surface area (Å²) in [6.45, 7) is 9.19. The fourth-order valence-electron chi connectivity index (χ4n) is 5.10. The number of rotatable bonds is 5. The van der Waals surface area contributed by atoms with E-state index in [0.29, 0.717) is 5.41 Å². The van der Waals surface area contributed by atoms with Gasteiger partial charge in [0.05, 0.1) is 12.2 Å². The third-order valence-corrected chi connectivity index (χ3v) is 6.99. The number of nitrogens with zero attached hydrogens (tertiary/aromatic N) is 1. The topological polar surface area (TPSA) is 12.5 Å². The molecule has 2 nitrogen and oxygen atoms in total. The summed E-state index contributed by atoms with van der Waals surface area (Å²) in [5.74, 6) is 0.775.